The zero-order chi connectivity index (χ0) is 16.8. The van der Waals surface area contributed by atoms with Crippen molar-refractivity contribution in [2.75, 3.05) is 17.7 Å². The highest BCUT2D eigenvalue weighted by Gasteiger charge is 2.04. The minimum atomic E-state index is 0.447. The number of hydrogen-bond acceptors (Lipinski definition) is 6. The van der Waals surface area contributed by atoms with E-state index >= 15 is 0 Å². The third kappa shape index (κ3) is 3.59. The molecule has 2 N–H and O–H groups in total. The largest absolute Gasteiger partial charge is 0.497 e. The Kier molecular flexibility index (Phi) is 4.54. The smallest absolute Gasteiger partial charge is 0.229 e. The molecule has 0 aliphatic heterocycles. The number of nitrogens with one attached hydrogen (secondary N) is 2. The molecule has 0 atom stereocenters. The first-order chi connectivity index (χ1) is 11.8. The normalized spacial score (nSPS) is 9.83. The van der Waals surface area contributed by atoms with Crippen LogP contribution in [0.4, 0.5) is 23.1 Å². The van der Waals surface area contributed by atoms with E-state index in [0.717, 1.165) is 11.4 Å². The van der Waals surface area contributed by atoms with Gasteiger partial charge in [0.25, 0.3) is 0 Å². The van der Waals surface area contributed by atoms with Crippen LogP contribution in [0.2, 0.25) is 0 Å². The molecule has 0 saturated heterocycles. The molecule has 6 nitrogen and oxygen atoms in total. The zero-order valence-electron chi connectivity index (χ0n) is 13.0. The Balaban J connectivity index is 1.80. The van der Waals surface area contributed by atoms with Crippen molar-refractivity contribution in [2.45, 2.75) is 0 Å². The van der Waals surface area contributed by atoms with E-state index in [1.54, 1.807) is 25.4 Å². The summed E-state index contributed by atoms with van der Waals surface area (Å²) in [6, 6.07) is 18.6. The Bertz CT molecular complexity index is 888. The van der Waals surface area contributed by atoms with E-state index in [2.05, 4.69) is 26.7 Å². The second-order valence-electron chi connectivity index (χ2n) is 4.90. The van der Waals surface area contributed by atoms with Crippen LogP contribution in [-0.2, 0) is 0 Å². The molecular formula is C18H15N5O. The molecule has 0 bridgehead atoms. The lowest BCUT2D eigenvalue weighted by atomic mass is 10.2. The minimum absolute atomic E-state index is 0.447. The third-order valence-electron chi connectivity index (χ3n) is 3.29. The van der Waals surface area contributed by atoms with Gasteiger partial charge in [-0.25, -0.2) is 4.98 Å². The average molecular weight is 317 g/mol. The molecule has 3 rings (SSSR count). The van der Waals surface area contributed by atoms with Gasteiger partial charge in [-0.05, 0) is 30.3 Å². The van der Waals surface area contributed by atoms with E-state index < -0.39 is 0 Å². The van der Waals surface area contributed by atoms with Crippen molar-refractivity contribution in [1.29, 1.82) is 5.26 Å². The number of aromatic nitrogens is 2. The second kappa shape index (κ2) is 7.11. The summed E-state index contributed by atoms with van der Waals surface area (Å²) >= 11 is 0. The quantitative estimate of drug-likeness (QED) is 0.744. The van der Waals surface area contributed by atoms with Crippen molar-refractivity contribution >= 4 is 23.1 Å². The van der Waals surface area contributed by atoms with Crippen molar-refractivity contribution in [2.24, 2.45) is 0 Å². The molecule has 1 heterocycles. The van der Waals surface area contributed by atoms with Gasteiger partial charge in [0.15, 0.2) is 0 Å². The number of benzene rings is 2. The van der Waals surface area contributed by atoms with Gasteiger partial charge in [-0.2, -0.15) is 10.2 Å². The molecule has 3 aromatic rings. The predicted molar refractivity (Wildman–Crippen MR) is 92.7 cm³/mol. The van der Waals surface area contributed by atoms with Crippen molar-refractivity contribution in [1.82, 2.24) is 9.97 Å². The second-order valence-corrected chi connectivity index (χ2v) is 4.90. The molecule has 0 amide bonds. The Morgan fingerprint density at radius 2 is 1.92 bits per heavy atom. The Morgan fingerprint density at radius 3 is 2.75 bits per heavy atom. The molecule has 0 aliphatic rings. The van der Waals surface area contributed by atoms with Crippen LogP contribution < -0.4 is 15.4 Å². The van der Waals surface area contributed by atoms with E-state index in [1.165, 1.54) is 0 Å². The Morgan fingerprint density at radius 1 is 1.04 bits per heavy atom. The maximum absolute atomic E-state index is 9.15. The Hall–Kier alpha value is -3.59. The van der Waals surface area contributed by atoms with Crippen molar-refractivity contribution < 1.29 is 4.74 Å². The summed E-state index contributed by atoms with van der Waals surface area (Å²) in [5, 5.41) is 15.4. The number of hydrogen-bond donors (Lipinski definition) is 2. The van der Waals surface area contributed by atoms with Gasteiger partial charge in [-0.15, -0.1) is 0 Å². The lowest BCUT2D eigenvalue weighted by Crippen LogP contribution is -2.01. The summed E-state index contributed by atoms with van der Waals surface area (Å²) in [5.74, 6) is 1.79. The highest BCUT2D eigenvalue weighted by Crippen LogP contribution is 2.22. The lowest BCUT2D eigenvalue weighted by molar-refractivity contribution is 0.415. The van der Waals surface area contributed by atoms with E-state index in [-0.39, 0.29) is 0 Å². The maximum Gasteiger partial charge on any atom is 0.229 e. The molecule has 0 fully saturated rings. The summed E-state index contributed by atoms with van der Waals surface area (Å²) in [5.41, 5.74) is 2.08. The molecule has 1 aromatic heterocycles. The topological polar surface area (TPSA) is 82.9 Å². The first-order valence-corrected chi connectivity index (χ1v) is 7.29. The fourth-order valence-corrected chi connectivity index (χ4v) is 2.15. The fourth-order valence-electron chi connectivity index (χ4n) is 2.15. The Labute approximate surface area is 139 Å². The van der Waals surface area contributed by atoms with Crippen LogP contribution in [-0.4, -0.2) is 17.1 Å². The zero-order valence-corrected chi connectivity index (χ0v) is 13.0. The van der Waals surface area contributed by atoms with Crippen LogP contribution in [0.5, 0.6) is 5.75 Å². The van der Waals surface area contributed by atoms with Gasteiger partial charge in [0, 0.05) is 18.0 Å². The highest BCUT2D eigenvalue weighted by molar-refractivity contribution is 5.65. The third-order valence-corrected chi connectivity index (χ3v) is 3.29. The molecule has 0 spiro atoms. The summed E-state index contributed by atoms with van der Waals surface area (Å²) in [6.45, 7) is 0. The van der Waals surface area contributed by atoms with Crippen LogP contribution in [0.3, 0.4) is 0 Å². The summed E-state index contributed by atoms with van der Waals surface area (Å²) < 4.78 is 5.20. The van der Waals surface area contributed by atoms with Crippen LogP contribution in [0.25, 0.3) is 0 Å². The number of para-hydroxylation sites is 1. The van der Waals surface area contributed by atoms with Crippen molar-refractivity contribution in [3.63, 3.8) is 0 Å². The van der Waals surface area contributed by atoms with Gasteiger partial charge < -0.3 is 15.4 Å². The molecular weight excluding hydrogens is 302 g/mol. The van der Waals surface area contributed by atoms with Gasteiger partial charge in [-0.1, -0.05) is 18.2 Å². The fraction of sp³-hybridized carbons (Fsp3) is 0.0556. The number of methoxy groups -OCH3 is 1. The first-order valence-electron chi connectivity index (χ1n) is 7.29. The van der Waals surface area contributed by atoms with Crippen LogP contribution >= 0.6 is 0 Å². The summed E-state index contributed by atoms with van der Waals surface area (Å²) in [6.07, 6.45) is 1.65. The molecule has 0 aliphatic carbocycles. The van der Waals surface area contributed by atoms with Crippen LogP contribution in [0.1, 0.15) is 5.56 Å². The molecule has 0 radical (unpaired) electrons. The van der Waals surface area contributed by atoms with E-state index in [1.807, 2.05) is 42.5 Å². The number of anilines is 4. The SMILES string of the molecule is COc1cccc(Nc2nccc(Nc3ccccc3C#N)n2)c1. The predicted octanol–water partition coefficient (Wildman–Crippen LogP) is 3.84. The molecule has 24 heavy (non-hydrogen) atoms. The minimum Gasteiger partial charge on any atom is -0.497 e. The standard InChI is InChI=1S/C18H15N5O/c1-24-15-7-4-6-14(11-15)21-18-20-10-9-17(23-18)22-16-8-3-2-5-13(16)12-19/h2-11H,1H3,(H2,20,21,22,23). The molecule has 0 saturated carbocycles. The van der Waals surface area contributed by atoms with E-state index in [0.29, 0.717) is 23.0 Å². The maximum atomic E-state index is 9.15. The first kappa shape index (κ1) is 15.3. The lowest BCUT2D eigenvalue weighted by Gasteiger charge is -2.10. The van der Waals surface area contributed by atoms with Crippen molar-refractivity contribution in [3.05, 3.63) is 66.4 Å². The molecule has 2 aromatic carbocycles. The van der Waals surface area contributed by atoms with Crippen LogP contribution in [0, 0.1) is 11.3 Å². The number of nitrogens with zero attached hydrogens (tertiary/aromatic N) is 3. The summed E-state index contributed by atoms with van der Waals surface area (Å²) in [7, 11) is 1.62. The average Bonchev–Trinajstić information content (AvgIpc) is 2.62. The molecule has 6 heteroatoms. The van der Waals surface area contributed by atoms with Gasteiger partial charge >= 0.3 is 0 Å². The summed E-state index contributed by atoms with van der Waals surface area (Å²) in [4.78, 5) is 8.62. The van der Waals surface area contributed by atoms with E-state index in [4.69, 9.17) is 10.00 Å². The molecule has 0 unspecified atom stereocenters. The monoisotopic (exact) mass is 317 g/mol. The van der Waals surface area contributed by atoms with Crippen LogP contribution in [0.15, 0.2) is 60.8 Å². The van der Waals surface area contributed by atoms with Crippen molar-refractivity contribution in [3.8, 4) is 11.8 Å². The van der Waals surface area contributed by atoms with E-state index in [9.17, 15) is 0 Å². The highest BCUT2D eigenvalue weighted by atomic mass is 16.5. The number of nitriles is 1. The van der Waals surface area contributed by atoms with Gasteiger partial charge in [0.1, 0.15) is 17.6 Å². The van der Waals surface area contributed by atoms with Gasteiger partial charge in [-0.3, -0.25) is 0 Å². The van der Waals surface area contributed by atoms with Gasteiger partial charge in [0.05, 0.1) is 18.4 Å². The number of rotatable bonds is 5. The molecule has 118 valence electrons. The number of ether oxygens (including phenoxy) is 1. The van der Waals surface area contributed by atoms with Gasteiger partial charge in [0.2, 0.25) is 5.95 Å².